The molecule has 21 heavy (non-hydrogen) atoms. The molecule has 1 aromatic heterocycles. The van der Waals surface area contributed by atoms with E-state index >= 15 is 0 Å². The third-order valence-corrected chi connectivity index (χ3v) is 5.12. The number of anilines is 2. The maximum absolute atomic E-state index is 5.55. The molecule has 3 aliphatic carbocycles. The van der Waals surface area contributed by atoms with Crippen LogP contribution in [0.2, 0.25) is 0 Å². The van der Waals surface area contributed by atoms with Crippen molar-refractivity contribution >= 4 is 11.9 Å². The van der Waals surface area contributed by atoms with Gasteiger partial charge in [0.05, 0.1) is 6.10 Å². The van der Waals surface area contributed by atoms with E-state index in [0.717, 1.165) is 23.7 Å². The van der Waals surface area contributed by atoms with Gasteiger partial charge in [-0.05, 0) is 56.8 Å². The summed E-state index contributed by atoms with van der Waals surface area (Å²) in [5.41, 5.74) is 2.47. The summed E-state index contributed by atoms with van der Waals surface area (Å²) >= 11 is 0. The Labute approximate surface area is 124 Å². The molecule has 3 saturated carbocycles. The average molecular weight is 290 g/mol. The molecule has 3 aliphatic rings. The molecule has 0 aromatic carbocycles. The SMILES string of the molecule is CC(C)Oc1nc(NN)nc(NC2C3C4CCC(C4)C23)n1. The average Bonchev–Trinajstić information content (AvgIpc) is 2.83. The summed E-state index contributed by atoms with van der Waals surface area (Å²) in [4.78, 5) is 12.7. The lowest BCUT2D eigenvalue weighted by molar-refractivity contribution is 0.222. The molecule has 4 unspecified atom stereocenters. The van der Waals surface area contributed by atoms with Crippen molar-refractivity contribution in [1.29, 1.82) is 0 Å². The Morgan fingerprint density at radius 3 is 2.38 bits per heavy atom. The Morgan fingerprint density at radius 2 is 1.76 bits per heavy atom. The number of hydrazine groups is 1. The van der Waals surface area contributed by atoms with E-state index < -0.39 is 0 Å². The summed E-state index contributed by atoms with van der Waals surface area (Å²) in [5.74, 6) is 9.79. The smallest absolute Gasteiger partial charge is 0.323 e. The third kappa shape index (κ3) is 2.19. The molecular formula is C14H22N6O. The van der Waals surface area contributed by atoms with Crippen molar-refractivity contribution in [2.24, 2.45) is 29.5 Å². The highest BCUT2D eigenvalue weighted by molar-refractivity contribution is 5.39. The standard InChI is InChI=1S/C14H22N6O/c1-6(2)21-14-18-12(17-13(19-14)20-15)16-11-9-7-3-4-8(5-7)10(9)11/h6-11H,3-5,15H2,1-2H3,(H2,16,17,18,19,20). The van der Waals surface area contributed by atoms with Crippen molar-refractivity contribution in [3.05, 3.63) is 0 Å². The second kappa shape index (κ2) is 4.69. The minimum absolute atomic E-state index is 0.0158. The van der Waals surface area contributed by atoms with E-state index in [0.29, 0.717) is 23.9 Å². The first-order chi connectivity index (χ1) is 10.2. The minimum atomic E-state index is 0.0158. The van der Waals surface area contributed by atoms with Crippen molar-refractivity contribution in [2.75, 3.05) is 10.7 Å². The minimum Gasteiger partial charge on any atom is -0.461 e. The van der Waals surface area contributed by atoms with Gasteiger partial charge in [-0.1, -0.05) is 0 Å². The van der Waals surface area contributed by atoms with Crippen LogP contribution in [0.1, 0.15) is 33.1 Å². The summed E-state index contributed by atoms with van der Waals surface area (Å²) in [6.45, 7) is 3.88. The Hall–Kier alpha value is -1.63. The number of rotatable bonds is 5. The fraction of sp³-hybridized carbons (Fsp3) is 0.786. The molecule has 0 amide bonds. The second-order valence-electron chi connectivity index (χ2n) is 6.73. The topological polar surface area (TPSA) is 98.0 Å². The van der Waals surface area contributed by atoms with Crippen LogP contribution < -0.4 is 21.3 Å². The van der Waals surface area contributed by atoms with E-state index in [1.54, 1.807) is 0 Å². The summed E-state index contributed by atoms with van der Waals surface area (Å²) in [6.07, 6.45) is 4.25. The zero-order valence-corrected chi connectivity index (χ0v) is 12.4. The van der Waals surface area contributed by atoms with Crippen LogP contribution >= 0.6 is 0 Å². The van der Waals surface area contributed by atoms with E-state index in [-0.39, 0.29) is 6.10 Å². The molecule has 3 fully saturated rings. The molecule has 4 atom stereocenters. The Balaban J connectivity index is 1.50. The number of nitrogen functional groups attached to an aromatic ring is 1. The van der Waals surface area contributed by atoms with Crippen molar-refractivity contribution in [1.82, 2.24) is 15.0 Å². The molecule has 0 radical (unpaired) electrons. The van der Waals surface area contributed by atoms with Crippen LogP contribution in [0.5, 0.6) is 6.01 Å². The van der Waals surface area contributed by atoms with E-state index in [4.69, 9.17) is 10.6 Å². The highest BCUT2D eigenvalue weighted by Gasteiger charge is 2.65. The van der Waals surface area contributed by atoms with Gasteiger partial charge in [0, 0.05) is 6.04 Å². The van der Waals surface area contributed by atoms with Gasteiger partial charge in [-0.2, -0.15) is 15.0 Å². The molecule has 0 aliphatic heterocycles. The normalized spacial score (nSPS) is 35.7. The van der Waals surface area contributed by atoms with Gasteiger partial charge in [0.2, 0.25) is 11.9 Å². The van der Waals surface area contributed by atoms with Gasteiger partial charge in [0.25, 0.3) is 0 Å². The molecule has 1 aromatic rings. The zero-order valence-electron chi connectivity index (χ0n) is 12.4. The number of nitrogens with two attached hydrogens (primary N) is 1. The first kappa shape index (κ1) is 13.1. The molecule has 0 spiro atoms. The van der Waals surface area contributed by atoms with Crippen LogP contribution in [-0.2, 0) is 0 Å². The number of nitrogens with one attached hydrogen (secondary N) is 2. The highest BCUT2D eigenvalue weighted by atomic mass is 16.5. The number of aromatic nitrogens is 3. The van der Waals surface area contributed by atoms with Crippen molar-refractivity contribution in [3.8, 4) is 6.01 Å². The van der Waals surface area contributed by atoms with Crippen molar-refractivity contribution in [2.45, 2.75) is 45.3 Å². The molecule has 0 saturated heterocycles. The fourth-order valence-corrected chi connectivity index (χ4v) is 4.42. The van der Waals surface area contributed by atoms with E-state index in [9.17, 15) is 0 Å². The van der Waals surface area contributed by atoms with Gasteiger partial charge in [-0.25, -0.2) is 5.84 Å². The molecular weight excluding hydrogens is 268 g/mol. The summed E-state index contributed by atoms with van der Waals surface area (Å²) < 4.78 is 5.55. The first-order valence-corrected chi connectivity index (χ1v) is 7.81. The maximum atomic E-state index is 5.55. The van der Waals surface area contributed by atoms with Crippen LogP contribution in [0.3, 0.4) is 0 Å². The number of hydrogen-bond acceptors (Lipinski definition) is 7. The Kier molecular flexibility index (Phi) is 2.92. The number of hydrogen-bond donors (Lipinski definition) is 3. The lowest BCUT2D eigenvalue weighted by Gasteiger charge is -2.13. The molecule has 7 nitrogen and oxygen atoms in total. The van der Waals surface area contributed by atoms with Gasteiger partial charge in [0.1, 0.15) is 0 Å². The molecule has 2 bridgehead atoms. The summed E-state index contributed by atoms with van der Waals surface area (Å²) in [7, 11) is 0. The fourth-order valence-electron chi connectivity index (χ4n) is 4.42. The molecule has 1 heterocycles. The predicted molar refractivity (Wildman–Crippen MR) is 78.6 cm³/mol. The van der Waals surface area contributed by atoms with Crippen LogP contribution in [-0.4, -0.2) is 27.1 Å². The summed E-state index contributed by atoms with van der Waals surface area (Å²) in [6, 6.07) is 0.834. The molecule has 4 rings (SSSR count). The van der Waals surface area contributed by atoms with Crippen LogP contribution in [0, 0.1) is 23.7 Å². The monoisotopic (exact) mass is 290 g/mol. The maximum Gasteiger partial charge on any atom is 0.323 e. The van der Waals surface area contributed by atoms with Gasteiger partial charge in [-0.3, -0.25) is 5.43 Å². The third-order valence-electron chi connectivity index (χ3n) is 5.12. The molecule has 4 N–H and O–H groups in total. The summed E-state index contributed by atoms with van der Waals surface area (Å²) in [5, 5.41) is 3.47. The van der Waals surface area contributed by atoms with Crippen molar-refractivity contribution in [3.63, 3.8) is 0 Å². The van der Waals surface area contributed by atoms with E-state index in [2.05, 4.69) is 25.7 Å². The van der Waals surface area contributed by atoms with Crippen LogP contribution in [0.4, 0.5) is 11.9 Å². The number of fused-ring (bicyclic) bond motifs is 5. The van der Waals surface area contributed by atoms with E-state index in [1.165, 1.54) is 19.3 Å². The van der Waals surface area contributed by atoms with Crippen LogP contribution in [0.15, 0.2) is 0 Å². The van der Waals surface area contributed by atoms with Gasteiger partial charge >= 0.3 is 6.01 Å². The van der Waals surface area contributed by atoms with E-state index in [1.807, 2.05) is 13.8 Å². The Bertz CT molecular complexity index is 534. The van der Waals surface area contributed by atoms with Gasteiger partial charge in [0.15, 0.2) is 0 Å². The second-order valence-corrected chi connectivity index (χ2v) is 6.73. The predicted octanol–water partition coefficient (Wildman–Crippen LogP) is 1.40. The first-order valence-electron chi connectivity index (χ1n) is 7.81. The van der Waals surface area contributed by atoms with Crippen molar-refractivity contribution < 1.29 is 4.74 Å². The largest absolute Gasteiger partial charge is 0.461 e. The number of ether oxygens (including phenoxy) is 1. The zero-order chi connectivity index (χ0) is 14.6. The highest BCUT2D eigenvalue weighted by Crippen LogP contribution is 2.66. The quantitative estimate of drug-likeness (QED) is 0.557. The molecule has 7 heteroatoms. The van der Waals surface area contributed by atoms with Crippen LogP contribution in [0.25, 0.3) is 0 Å². The van der Waals surface area contributed by atoms with Gasteiger partial charge in [-0.15, -0.1) is 0 Å². The Morgan fingerprint density at radius 1 is 1.10 bits per heavy atom. The lowest BCUT2D eigenvalue weighted by Crippen LogP contribution is -2.19. The van der Waals surface area contributed by atoms with Gasteiger partial charge < -0.3 is 10.1 Å². The lowest BCUT2D eigenvalue weighted by atomic mass is 10.0. The molecule has 114 valence electrons. The number of nitrogens with zero attached hydrogens (tertiary/aromatic N) is 3.